The fourth-order valence-electron chi connectivity index (χ4n) is 2.15. The highest BCUT2D eigenvalue weighted by atomic mass is 16.5. The van der Waals surface area contributed by atoms with Gasteiger partial charge in [-0.05, 0) is 18.4 Å². The summed E-state index contributed by atoms with van der Waals surface area (Å²) >= 11 is 0. The van der Waals surface area contributed by atoms with Crippen molar-refractivity contribution in [2.45, 2.75) is 6.92 Å². The Morgan fingerprint density at radius 3 is 2.90 bits per heavy atom. The van der Waals surface area contributed by atoms with E-state index in [1.165, 1.54) is 11.0 Å². The zero-order valence-electron chi connectivity index (χ0n) is 11.6. The molecule has 0 amide bonds. The van der Waals surface area contributed by atoms with Crippen molar-refractivity contribution >= 4 is 22.4 Å². The van der Waals surface area contributed by atoms with Gasteiger partial charge in [-0.25, -0.2) is 4.79 Å². The van der Waals surface area contributed by atoms with Gasteiger partial charge in [0.05, 0.1) is 30.3 Å². The van der Waals surface area contributed by atoms with E-state index in [0.29, 0.717) is 12.2 Å². The molecular weight excluding hydrogens is 266 g/mol. The Hall–Kier alpha value is -2.82. The molecule has 0 aliphatic carbocycles. The van der Waals surface area contributed by atoms with Crippen LogP contribution >= 0.6 is 0 Å². The minimum atomic E-state index is -0.372. The number of aromatic nitrogens is 2. The smallest absolute Gasteiger partial charge is 0.341 e. The summed E-state index contributed by atoms with van der Waals surface area (Å²) in [6, 6.07) is 14.1. The van der Waals surface area contributed by atoms with Crippen molar-refractivity contribution in [2.75, 3.05) is 12.0 Å². The second-order valence-electron chi connectivity index (χ2n) is 4.53. The molecule has 0 atom stereocenters. The monoisotopic (exact) mass is 281 g/mol. The summed E-state index contributed by atoms with van der Waals surface area (Å²) in [5.41, 5.74) is 4.51. The van der Waals surface area contributed by atoms with E-state index < -0.39 is 0 Å². The van der Waals surface area contributed by atoms with Gasteiger partial charge < -0.3 is 4.74 Å². The van der Waals surface area contributed by atoms with Crippen LogP contribution in [0.2, 0.25) is 0 Å². The van der Waals surface area contributed by atoms with Gasteiger partial charge >= 0.3 is 5.97 Å². The van der Waals surface area contributed by atoms with Gasteiger partial charge in [-0.2, -0.15) is 9.89 Å². The second-order valence-corrected chi connectivity index (χ2v) is 4.53. The summed E-state index contributed by atoms with van der Waals surface area (Å²) < 4.78 is 4.94. The first-order valence-electron chi connectivity index (χ1n) is 6.74. The molecule has 0 bridgehead atoms. The van der Waals surface area contributed by atoms with Crippen LogP contribution in [-0.4, -0.2) is 22.5 Å². The number of esters is 1. The summed E-state index contributed by atoms with van der Waals surface area (Å²) in [5, 5.41) is 6.36. The van der Waals surface area contributed by atoms with E-state index in [1.54, 1.807) is 13.1 Å². The highest BCUT2D eigenvalue weighted by Crippen LogP contribution is 2.22. The molecule has 0 aliphatic rings. The van der Waals surface area contributed by atoms with E-state index in [-0.39, 0.29) is 5.97 Å². The van der Waals surface area contributed by atoms with Crippen LogP contribution < -0.4 is 5.43 Å². The Bertz CT molecular complexity index is 775. The highest BCUT2D eigenvalue weighted by molar-refractivity contribution is 5.93. The molecule has 0 fully saturated rings. The average molecular weight is 281 g/mol. The minimum Gasteiger partial charge on any atom is -0.462 e. The topological polar surface area (TPSA) is 56.1 Å². The van der Waals surface area contributed by atoms with Crippen LogP contribution in [0.4, 0.5) is 5.69 Å². The maximum atomic E-state index is 11.6. The second kappa shape index (κ2) is 5.66. The Labute approximate surface area is 122 Å². The standard InChI is InChI=1S/C16H15N3O2/c1-2-21-16(20)13-10-17-19(11-13)18-15-9-5-7-12-6-3-4-8-14(12)15/h3-11,18H,2H2,1H3. The molecular formula is C16H15N3O2. The lowest BCUT2D eigenvalue weighted by molar-refractivity contribution is 0.0526. The van der Waals surface area contributed by atoms with Gasteiger partial charge in [0.1, 0.15) is 0 Å². The predicted molar refractivity (Wildman–Crippen MR) is 81.2 cm³/mol. The number of carbonyl (C=O) groups excluding carboxylic acids is 1. The third-order valence-electron chi connectivity index (χ3n) is 3.12. The van der Waals surface area contributed by atoms with E-state index in [9.17, 15) is 4.79 Å². The van der Waals surface area contributed by atoms with Crippen LogP contribution in [0.5, 0.6) is 0 Å². The van der Waals surface area contributed by atoms with Gasteiger partial charge in [0.25, 0.3) is 0 Å². The third kappa shape index (κ3) is 2.72. The Balaban J connectivity index is 1.87. The van der Waals surface area contributed by atoms with Crippen molar-refractivity contribution in [1.82, 2.24) is 9.89 Å². The van der Waals surface area contributed by atoms with Crippen molar-refractivity contribution < 1.29 is 9.53 Å². The number of hydrogen-bond donors (Lipinski definition) is 1. The molecule has 5 nitrogen and oxygen atoms in total. The van der Waals surface area contributed by atoms with Crippen LogP contribution in [0.15, 0.2) is 54.9 Å². The van der Waals surface area contributed by atoms with Crippen LogP contribution in [0.3, 0.4) is 0 Å². The normalized spacial score (nSPS) is 10.5. The van der Waals surface area contributed by atoms with Crippen molar-refractivity contribution in [1.29, 1.82) is 0 Å². The fourth-order valence-corrected chi connectivity index (χ4v) is 2.15. The van der Waals surface area contributed by atoms with Crippen molar-refractivity contribution in [2.24, 2.45) is 0 Å². The SMILES string of the molecule is CCOC(=O)c1cnn(Nc2cccc3ccccc23)c1. The van der Waals surface area contributed by atoms with E-state index in [0.717, 1.165) is 16.5 Å². The van der Waals surface area contributed by atoms with Crippen molar-refractivity contribution in [3.63, 3.8) is 0 Å². The Kier molecular flexibility index (Phi) is 3.55. The number of benzene rings is 2. The first-order valence-corrected chi connectivity index (χ1v) is 6.74. The van der Waals surface area contributed by atoms with E-state index in [4.69, 9.17) is 4.74 Å². The molecule has 0 radical (unpaired) electrons. The molecule has 0 saturated carbocycles. The quantitative estimate of drug-likeness (QED) is 0.747. The fraction of sp³-hybridized carbons (Fsp3) is 0.125. The summed E-state index contributed by atoms with van der Waals surface area (Å²) in [7, 11) is 0. The highest BCUT2D eigenvalue weighted by Gasteiger charge is 2.09. The predicted octanol–water partition coefficient (Wildman–Crippen LogP) is 3.09. The molecule has 0 spiro atoms. The van der Waals surface area contributed by atoms with Gasteiger partial charge in [0, 0.05) is 5.39 Å². The lowest BCUT2D eigenvalue weighted by Crippen LogP contribution is -2.10. The van der Waals surface area contributed by atoms with Crippen LogP contribution in [0, 0.1) is 0 Å². The molecule has 1 heterocycles. The lowest BCUT2D eigenvalue weighted by atomic mass is 10.1. The maximum Gasteiger partial charge on any atom is 0.341 e. The van der Waals surface area contributed by atoms with Crippen molar-refractivity contribution in [3.8, 4) is 0 Å². The number of hydrogen-bond acceptors (Lipinski definition) is 4. The molecule has 1 aromatic heterocycles. The molecule has 3 rings (SSSR count). The number of carbonyl (C=O) groups is 1. The zero-order chi connectivity index (χ0) is 14.7. The lowest BCUT2D eigenvalue weighted by Gasteiger charge is -2.09. The Morgan fingerprint density at radius 1 is 1.24 bits per heavy atom. The van der Waals surface area contributed by atoms with Crippen LogP contribution in [-0.2, 0) is 4.74 Å². The number of fused-ring (bicyclic) bond motifs is 1. The molecule has 0 saturated heterocycles. The summed E-state index contributed by atoms with van der Waals surface area (Å²) in [5.74, 6) is -0.372. The number of nitrogens with zero attached hydrogens (tertiary/aromatic N) is 2. The summed E-state index contributed by atoms with van der Waals surface area (Å²) in [4.78, 5) is 13.1. The van der Waals surface area contributed by atoms with Crippen molar-refractivity contribution in [3.05, 3.63) is 60.4 Å². The van der Waals surface area contributed by atoms with Gasteiger partial charge in [-0.3, -0.25) is 5.43 Å². The number of rotatable bonds is 4. The molecule has 3 aromatic rings. The molecule has 1 N–H and O–H groups in total. The zero-order valence-corrected chi connectivity index (χ0v) is 11.6. The van der Waals surface area contributed by atoms with E-state index in [2.05, 4.69) is 10.5 Å². The molecule has 106 valence electrons. The van der Waals surface area contributed by atoms with Crippen LogP contribution in [0.25, 0.3) is 10.8 Å². The molecule has 2 aromatic carbocycles. The van der Waals surface area contributed by atoms with Gasteiger partial charge in [-0.15, -0.1) is 0 Å². The van der Waals surface area contributed by atoms with E-state index in [1.807, 2.05) is 42.5 Å². The van der Waals surface area contributed by atoms with Gasteiger partial charge in [0.15, 0.2) is 0 Å². The largest absolute Gasteiger partial charge is 0.462 e. The third-order valence-corrected chi connectivity index (χ3v) is 3.12. The maximum absolute atomic E-state index is 11.6. The first-order chi connectivity index (χ1) is 10.3. The van der Waals surface area contributed by atoms with Gasteiger partial charge in [-0.1, -0.05) is 36.4 Å². The number of anilines is 1. The number of ether oxygens (including phenoxy) is 1. The molecule has 5 heteroatoms. The van der Waals surface area contributed by atoms with E-state index >= 15 is 0 Å². The Morgan fingerprint density at radius 2 is 2.05 bits per heavy atom. The first kappa shape index (κ1) is 13.2. The van der Waals surface area contributed by atoms with Gasteiger partial charge in [0.2, 0.25) is 0 Å². The summed E-state index contributed by atoms with van der Waals surface area (Å²) in [6.07, 6.45) is 3.09. The van der Waals surface area contributed by atoms with Crippen LogP contribution in [0.1, 0.15) is 17.3 Å². The molecule has 21 heavy (non-hydrogen) atoms. The minimum absolute atomic E-state index is 0.348. The average Bonchev–Trinajstić information content (AvgIpc) is 2.97. The number of nitrogens with one attached hydrogen (secondary N) is 1. The molecule has 0 unspecified atom stereocenters. The summed E-state index contributed by atoms with van der Waals surface area (Å²) in [6.45, 7) is 2.12. The molecule has 0 aliphatic heterocycles.